The molecule has 4 atom stereocenters. The fraction of sp³-hybridized carbons (Fsp3) is 0.934. The van der Waals surface area contributed by atoms with Gasteiger partial charge in [0.05, 0.1) is 30.5 Å². The van der Waals surface area contributed by atoms with Crippen molar-refractivity contribution in [2.75, 3.05) is 46.9 Å². The van der Waals surface area contributed by atoms with Gasteiger partial charge in [0, 0.05) is 19.5 Å². The molecule has 418 valence electrons. The molecule has 0 N–H and O–H groups in total. The van der Waals surface area contributed by atoms with Crippen molar-refractivity contribution in [2.24, 2.45) is 16.7 Å². The summed E-state index contributed by atoms with van der Waals surface area (Å²) in [6.07, 6.45) is 38.6. The number of ether oxygens (including phenoxy) is 4. The molecule has 1 aliphatic rings. The van der Waals surface area contributed by atoms with Crippen LogP contribution in [0.25, 0.3) is 0 Å². The highest BCUT2D eigenvalue weighted by atomic mass is 16.6. The van der Waals surface area contributed by atoms with Gasteiger partial charge in [-0.25, -0.2) is 0 Å². The summed E-state index contributed by atoms with van der Waals surface area (Å²) in [7, 11) is 3.88. The van der Waals surface area contributed by atoms with E-state index >= 15 is 0 Å². The van der Waals surface area contributed by atoms with Gasteiger partial charge < -0.3 is 23.8 Å². The monoisotopic (exact) mass is 1000 g/mol. The van der Waals surface area contributed by atoms with Gasteiger partial charge in [0.1, 0.15) is 18.2 Å². The Kier molecular flexibility index (Phi) is 39.6. The van der Waals surface area contributed by atoms with Crippen LogP contribution in [0.4, 0.5) is 0 Å². The number of carbonyl (C=O) groups excluding carboxylic acids is 4. The Morgan fingerprint density at radius 2 is 1.00 bits per heavy atom. The number of carbonyl (C=O) groups is 4. The second-order valence-electron chi connectivity index (χ2n) is 23.5. The smallest absolute Gasteiger partial charge is 0.323 e. The molecule has 1 aliphatic heterocycles. The first-order valence-corrected chi connectivity index (χ1v) is 30.2. The molecule has 0 saturated carbocycles. The molecule has 0 bridgehead atoms. The van der Waals surface area contributed by atoms with E-state index in [2.05, 4.69) is 32.6 Å². The Labute approximate surface area is 438 Å². The van der Waals surface area contributed by atoms with Crippen LogP contribution in [-0.4, -0.2) is 98.9 Å². The van der Waals surface area contributed by atoms with Crippen LogP contribution in [0.2, 0.25) is 0 Å². The molecule has 0 aromatic rings. The van der Waals surface area contributed by atoms with Gasteiger partial charge in [-0.3, -0.25) is 24.1 Å². The lowest BCUT2D eigenvalue weighted by atomic mass is 9.86. The predicted octanol–water partition coefficient (Wildman–Crippen LogP) is 15.9. The minimum absolute atomic E-state index is 0.0227. The minimum Gasteiger partial charge on any atom is -0.465 e. The third kappa shape index (κ3) is 34.1. The van der Waals surface area contributed by atoms with E-state index in [-0.39, 0.29) is 36.1 Å². The molecule has 1 fully saturated rings. The first-order chi connectivity index (χ1) is 34.1. The number of esters is 4. The van der Waals surface area contributed by atoms with E-state index in [9.17, 15) is 19.2 Å². The zero-order valence-electron chi connectivity index (χ0n) is 48.5. The van der Waals surface area contributed by atoms with Crippen molar-refractivity contribution in [3.63, 3.8) is 0 Å². The number of rotatable bonds is 48. The lowest BCUT2D eigenvalue weighted by Crippen LogP contribution is -2.38. The maximum absolute atomic E-state index is 13.6. The molecular formula is C61H116N2O8. The van der Waals surface area contributed by atoms with Crippen LogP contribution in [0, 0.1) is 16.7 Å². The Balaban J connectivity index is 2.61. The predicted molar refractivity (Wildman–Crippen MR) is 296 cm³/mol. The molecule has 0 aromatic heterocycles. The molecule has 2 unspecified atom stereocenters. The molecule has 0 aliphatic carbocycles. The summed E-state index contributed by atoms with van der Waals surface area (Å²) in [4.78, 5) is 57.2. The third-order valence-corrected chi connectivity index (χ3v) is 15.2. The van der Waals surface area contributed by atoms with Crippen LogP contribution in [-0.2, 0) is 38.1 Å². The molecule has 1 saturated heterocycles. The molecule has 0 radical (unpaired) electrons. The Bertz CT molecular complexity index is 1340. The molecular weight excluding hydrogens is 889 g/mol. The normalized spacial score (nSPS) is 16.3. The maximum atomic E-state index is 13.6. The Morgan fingerprint density at radius 1 is 0.549 bits per heavy atom. The zero-order chi connectivity index (χ0) is 52.6. The SMILES string of the molecule is CCCCCCCCC(CCCCCC)COC(=O)C(C)(C)CCCCCCN1C[C@@H](OC(=O)CCN(C)C)C[C@H]1C(=O)OCCCCCCC(C)(C)C(=O)OC(CCCCCC)CCCCCCCC. The maximum Gasteiger partial charge on any atom is 0.323 e. The second kappa shape index (κ2) is 42.1. The third-order valence-electron chi connectivity index (χ3n) is 15.2. The first-order valence-electron chi connectivity index (χ1n) is 30.2. The van der Waals surface area contributed by atoms with E-state index in [1.165, 1.54) is 116 Å². The van der Waals surface area contributed by atoms with Gasteiger partial charge in [-0.05, 0) is 118 Å². The number of likely N-dealkylation sites (tertiary alicyclic amines) is 1. The average Bonchev–Trinajstić information content (AvgIpc) is 3.74. The number of hydrogen-bond donors (Lipinski definition) is 0. The fourth-order valence-corrected chi connectivity index (χ4v) is 10.0. The molecule has 0 amide bonds. The van der Waals surface area contributed by atoms with Gasteiger partial charge in [0.25, 0.3) is 0 Å². The van der Waals surface area contributed by atoms with E-state index in [1.807, 2.05) is 46.7 Å². The van der Waals surface area contributed by atoms with Crippen molar-refractivity contribution in [1.29, 1.82) is 0 Å². The highest BCUT2D eigenvalue weighted by Gasteiger charge is 2.39. The van der Waals surface area contributed by atoms with Crippen LogP contribution < -0.4 is 0 Å². The van der Waals surface area contributed by atoms with Crippen LogP contribution in [0.5, 0.6) is 0 Å². The van der Waals surface area contributed by atoms with E-state index < -0.39 is 16.9 Å². The Hall–Kier alpha value is -2.20. The van der Waals surface area contributed by atoms with E-state index in [1.54, 1.807) is 0 Å². The van der Waals surface area contributed by atoms with Crippen LogP contribution in [0.15, 0.2) is 0 Å². The number of hydrogen-bond acceptors (Lipinski definition) is 10. The van der Waals surface area contributed by atoms with Crippen molar-refractivity contribution >= 4 is 23.9 Å². The van der Waals surface area contributed by atoms with Crippen LogP contribution >= 0.6 is 0 Å². The minimum atomic E-state index is -0.526. The standard InChI is InChI=1S/C61H116N2O8/c1-11-15-19-23-25-32-40-52(39-31-21-17-13-3)51-69-58(66)60(5,6)44-35-27-29-37-46-63-50-54(70-56(64)43-47-62(9)10)49-55(63)57(65)68-48-38-30-28-36-45-61(7,8)59(67)71-53(41-33-22-18-14-4)42-34-26-24-20-16-12-2/h52-55H,11-51H2,1-10H3/t52?,53?,54-,55-/m0/s1. The molecule has 1 rings (SSSR count). The van der Waals surface area contributed by atoms with E-state index in [0.717, 1.165) is 109 Å². The summed E-state index contributed by atoms with van der Waals surface area (Å²) in [5.41, 5.74) is -1.05. The number of nitrogens with zero attached hydrogens (tertiary/aromatic N) is 2. The van der Waals surface area contributed by atoms with Gasteiger partial charge in [-0.1, -0.05) is 182 Å². The largest absolute Gasteiger partial charge is 0.465 e. The molecule has 10 heteroatoms. The lowest BCUT2D eigenvalue weighted by molar-refractivity contribution is -0.161. The summed E-state index contributed by atoms with van der Waals surface area (Å²) in [5, 5.41) is 0. The van der Waals surface area contributed by atoms with Crippen molar-refractivity contribution in [3.8, 4) is 0 Å². The van der Waals surface area contributed by atoms with Crippen molar-refractivity contribution in [2.45, 2.75) is 305 Å². The van der Waals surface area contributed by atoms with Gasteiger partial charge in [-0.2, -0.15) is 0 Å². The van der Waals surface area contributed by atoms with Gasteiger partial charge in [0.15, 0.2) is 0 Å². The summed E-state index contributed by atoms with van der Waals surface area (Å²) in [6, 6.07) is -0.435. The highest BCUT2D eigenvalue weighted by molar-refractivity contribution is 5.77. The van der Waals surface area contributed by atoms with Gasteiger partial charge >= 0.3 is 23.9 Å². The first kappa shape index (κ1) is 66.8. The van der Waals surface area contributed by atoms with Crippen molar-refractivity contribution in [1.82, 2.24) is 9.80 Å². The molecule has 0 spiro atoms. The lowest BCUT2D eigenvalue weighted by Gasteiger charge is -2.27. The summed E-state index contributed by atoms with van der Waals surface area (Å²) >= 11 is 0. The summed E-state index contributed by atoms with van der Waals surface area (Å²) in [6.45, 7) is 19.9. The van der Waals surface area contributed by atoms with Crippen LogP contribution in [0.3, 0.4) is 0 Å². The van der Waals surface area contributed by atoms with Gasteiger partial charge in [0.2, 0.25) is 0 Å². The van der Waals surface area contributed by atoms with Gasteiger partial charge in [-0.15, -0.1) is 0 Å². The van der Waals surface area contributed by atoms with E-state index in [4.69, 9.17) is 18.9 Å². The molecule has 0 aromatic carbocycles. The Morgan fingerprint density at radius 3 is 1.54 bits per heavy atom. The fourth-order valence-electron chi connectivity index (χ4n) is 10.0. The topological polar surface area (TPSA) is 112 Å². The van der Waals surface area contributed by atoms with Crippen molar-refractivity contribution in [3.05, 3.63) is 0 Å². The van der Waals surface area contributed by atoms with E-state index in [0.29, 0.717) is 45.1 Å². The molecule has 1 heterocycles. The molecule has 10 nitrogen and oxygen atoms in total. The van der Waals surface area contributed by atoms with Crippen molar-refractivity contribution < 1.29 is 38.1 Å². The second-order valence-corrected chi connectivity index (χ2v) is 23.5. The summed E-state index contributed by atoms with van der Waals surface area (Å²) in [5.74, 6) is -0.138. The highest BCUT2D eigenvalue weighted by Crippen LogP contribution is 2.30. The quantitative estimate of drug-likeness (QED) is 0.0332. The summed E-state index contributed by atoms with van der Waals surface area (Å²) < 4.78 is 24.0. The average molecular weight is 1010 g/mol. The number of unbranched alkanes of at least 4 members (excludes halogenated alkanes) is 22. The zero-order valence-corrected chi connectivity index (χ0v) is 48.5. The molecule has 71 heavy (non-hydrogen) atoms. The van der Waals surface area contributed by atoms with Crippen LogP contribution in [0.1, 0.15) is 287 Å².